The summed E-state index contributed by atoms with van der Waals surface area (Å²) < 4.78 is 33.4. The number of pyridine rings is 1. The summed E-state index contributed by atoms with van der Waals surface area (Å²) in [6, 6.07) is 8.16. The lowest BCUT2D eigenvalue weighted by Crippen LogP contribution is -2.39. The molecule has 0 aliphatic heterocycles. The van der Waals surface area contributed by atoms with Gasteiger partial charge in [0.1, 0.15) is 6.10 Å². The number of aromatic nitrogens is 1. The molecule has 0 spiro atoms. The summed E-state index contributed by atoms with van der Waals surface area (Å²) in [4.78, 5) is 14.2. The van der Waals surface area contributed by atoms with Crippen LogP contribution in [-0.2, 0) is 10.0 Å². The predicted octanol–water partition coefficient (Wildman–Crippen LogP) is 3.31. The predicted molar refractivity (Wildman–Crippen MR) is 99.3 cm³/mol. The number of halogens is 1. The first-order chi connectivity index (χ1) is 12.8. The Morgan fingerprint density at radius 2 is 1.93 bits per heavy atom. The minimum atomic E-state index is -3.82. The average Bonchev–Trinajstić information content (AvgIpc) is 2.65. The average molecular weight is 412 g/mol. The van der Waals surface area contributed by atoms with Gasteiger partial charge in [-0.05, 0) is 37.8 Å². The van der Waals surface area contributed by atoms with Gasteiger partial charge in [0.15, 0.2) is 0 Å². The summed E-state index contributed by atoms with van der Waals surface area (Å²) >= 11 is 5.79. The number of hydrogen-bond donors (Lipinski definition) is 1. The first-order valence-electron chi connectivity index (χ1n) is 8.38. The van der Waals surface area contributed by atoms with Crippen molar-refractivity contribution < 1.29 is 18.1 Å². The first-order valence-corrected chi connectivity index (χ1v) is 10.2. The lowest BCUT2D eigenvalue weighted by atomic mass is 9.94. The zero-order chi connectivity index (χ0) is 19.4. The zero-order valence-corrected chi connectivity index (χ0v) is 15.8. The maximum Gasteiger partial charge on any atom is 0.270 e. The van der Waals surface area contributed by atoms with Crippen molar-refractivity contribution in [1.82, 2.24) is 9.71 Å². The van der Waals surface area contributed by atoms with E-state index in [1.54, 1.807) is 12.1 Å². The van der Waals surface area contributed by atoms with Crippen LogP contribution in [0.15, 0.2) is 47.5 Å². The maximum absolute atomic E-state index is 12.5. The van der Waals surface area contributed by atoms with Crippen LogP contribution in [0, 0.1) is 10.1 Å². The van der Waals surface area contributed by atoms with Crippen molar-refractivity contribution in [2.24, 2.45) is 0 Å². The van der Waals surface area contributed by atoms with Gasteiger partial charge in [-0.15, -0.1) is 0 Å². The zero-order valence-electron chi connectivity index (χ0n) is 14.2. The summed E-state index contributed by atoms with van der Waals surface area (Å²) in [5, 5.41) is 11.4. The number of nitro groups is 1. The van der Waals surface area contributed by atoms with Crippen LogP contribution in [0.2, 0.25) is 5.02 Å². The number of benzene rings is 1. The van der Waals surface area contributed by atoms with E-state index in [9.17, 15) is 18.5 Å². The Balaban J connectivity index is 1.57. The quantitative estimate of drug-likeness (QED) is 0.576. The molecule has 3 rings (SSSR count). The van der Waals surface area contributed by atoms with Crippen molar-refractivity contribution in [1.29, 1.82) is 0 Å². The molecule has 0 unspecified atom stereocenters. The summed E-state index contributed by atoms with van der Waals surface area (Å²) in [6.45, 7) is 0. The highest BCUT2D eigenvalue weighted by Crippen LogP contribution is 2.25. The Morgan fingerprint density at radius 1 is 1.19 bits per heavy atom. The van der Waals surface area contributed by atoms with E-state index < -0.39 is 14.9 Å². The Morgan fingerprint density at radius 3 is 2.56 bits per heavy atom. The molecule has 0 saturated heterocycles. The van der Waals surface area contributed by atoms with E-state index in [2.05, 4.69) is 9.71 Å². The number of hydrogen-bond acceptors (Lipinski definition) is 6. The Labute approximate surface area is 161 Å². The fourth-order valence-electron chi connectivity index (χ4n) is 2.95. The van der Waals surface area contributed by atoms with Crippen LogP contribution in [0.5, 0.6) is 5.88 Å². The number of sulfonamides is 1. The molecule has 1 aromatic heterocycles. The van der Waals surface area contributed by atoms with Gasteiger partial charge in [-0.3, -0.25) is 10.1 Å². The molecular formula is C17H18ClN3O5S. The van der Waals surface area contributed by atoms with Crippen LogP contribution in [0.3, 0.4) is 0 Å². The molecule has 10 heteroatoms. The van der Waals surface area contributed by atoms with Crippen LogP contribution in [0.4, 0.5) is 5.69 Å². The number of nitro benzene ring substituents is 1. The lowest BCUT2D eigenvalue weighted by Gasteiger charge is -2.29. The highest BCUT2D eigenvalue weighted by Gasteiger charge is 2.27. The molecule has 1 fully saturated rings. The van der Waals surface area contributed by atoms with E-state index in [4.69, 9.17) is 16.3 Å². The van der Waals surface area contributed by atoms with Gasteiger partial charge in [0, 0.05) is 30.4 Å². The fraction of sp³-hybridized carbons (Fsp3) is 0.353. The van der Waals surface area contributed by atoms with E-state index in [0.717, 1.165) is 6.07 Å². The summed E-state index contributed by atoms with van der Waals surface area (Å²) in [6.07, 6.45) is 4.02. The Hall–Kier alpha value is -2.23. The minimum Gasteiger partial charge on any atom is -0.474 e. The Bertz CT molecular complexity index is 912. The molecule has 1 N–H and O–H groups in total. The van der Waals surface area contributed by atoms with Crippen molar-refractivity contribution >= 4 is 27.3 Å². The third-order valence-corrected chi connectivity index (χ3v) is 6.06. The molecule has 1 aromatic carbocycles. The van der Waals surface area contributed by atoms with Crippen molar-refractivity contribution in [3.63, 3.8) is 0 Å². The van der Waals surface area contributed by atoms with Crippen molar-refractivity contribution in [3.8, 4) is 5.88 Å². The first kappa shape index (κ1) is 19.5. The van der Waals surface area contributed by atoms with Gasteiger partial charge in [-0.1, -0.05) is 17.7 Å². The Kier molecular flexibility index (Phi) is 5.93. The molecule has 1 aliphatic rings. The van der Waals surface area contributed by atoms with Gasteiger partial charge in [-0.25, -0.2) is 18.1 Å². The molecule has 0 amide bonds. The topological polar surface area (TPSA) is 111 Å². The molecule has 1 saturated carbocycles. The molecule has 0 atom stereocenters. The van der Waals surface area contributed by atoms with Gasteiger partial charge in [0.2, 0.25) is 15.9 Å². The third kappa shape index (κ3) is 5.15. The van der Waals surface area contributed by atoms with E-state index in [0.29, 0.717) is 36.6 Å². The van der Waals surface area contributed by atoms with E-state index in [1.165, 1.54) is 24.4 Å². The molecule has 8 nitrogen and oxygen atoms in total. The molecule has 1 heterocycles. The molecule has 0 radical (unpaired) electrons. The number of rotatable bonds is 6. The second kappa shape index (κ2) is 8.20. The fourth-order valence-corrected chi connectivity index (χ4v) is 4.41. The maximum atomic E-state index is 12.5. The summed E-state index contributed by atoms with van der Waals surface area (Å²) in [5.41, 5.74) is -0.259. The molecule has 0 bridgehead atoms. The summed E-state index contributed by atoms with van der Waals surface area (Å²) in [5.74, 6) is 0.486. The van der Waals surface area contributed by atoms with Crippen LogP contribution in [-0.4, -0.2) is 30.5 Å². The van der Waals surface area contributed by atoms with Crippen LogP contribution >= 0.6 is 11.6 Å². The number of nitrogens with zero attached hydrogens (tertiary/aromatic N) is 2. The highest BCUT2D eigenvalue weighted by atomic mass is 35.5. The second-order valence-electron chi connectivity index (χ2n) is 6.28. The monoisotopic (exact) mass is 411 g/mol. The van der Waals surface area contributed by atoms with Gasteiger partial charge < -0.3 is 4.74 Å². The smallest absolute Gasteiger partial charge is 0.270 e. The van der Waals surface area contributed by atoms with E-state index >= 15 is 0 Å². The van der Waals surface area contributed by atoms with E-state index in [-0.39, 0.29) is 22.7 Å². The van der Waals surface area contributed by atoms with Crippen molar-refractivity contribution in [2.45, 2.75) is 42.7 Å². The second-order valence-corrected chi connectivity index (χ2v) is 8.43. The number of nitrogens with one attached hydrogen (secondary N) is 1. The van der Waals surface area contributed by atoms with Gasteiger partial charge >= 0.3 is 0 Å². The SMILES string of the molecule is O=[N+]([O-])c1cccc(S(=O)(=O)NC2CCC(Oc3ccc(Cl)cn3)CC2)c1. The summed E-state index contributed by atoms with van der Waals surface area (Å²) in [7, 11) is -3.82. The van der Waals surface area contributed by atoms with Crippen LogP contribution in [0.1, 0.15) is 25.7 Å². The largest absolute Gasteiger partial charge is 0.474 e. The molecule has 27 heavy (non-hydrogen) atoms. The van der Waals surface area contributed by atoms with Gasteiger partial charge in [0.05, 0.1) is 14.8 Å². The molecular weight excluding hydrogens is 394 g/mol. The highest BCUT2D eigenvalue weighted by molar-refractivity contribution is 7.89. The van der Waals surface area contributed by atoms with Gasteiger partial charge in [0.25, 0.3) is 5.69 Å². The van der Waals surface area contributed by atoms with Gasteiger partial charge in [-0.2, -0.15) is 0 Å². The number of ether oxygens (including phenoxy) is 1. The lowest BCUT2D eigenvalue weighted by molar-refractivity contribution is -0.385. The number of non-ortho nitro benzene ring substituents is 1. The molecule has 144 valence electrons. The van der Waals surface area contributed by atoms with E-state index in [1.807, 2.05) is 0 Å². The normalized spacial score (nSPS) is 20.2. The standard InChI is InChI=1S/C17H18ClN3O5S/c18-12-4-9-17(19-11-12)26-15-7-5-13(6-8-15)20-27(24,25)16-3-1-2-14(10-16)21(22)23/h1-4,9-11,13,15,20H,5-8H2. The minimum absolute atomic E-state index is 0.0442. The molecule has 2 aromatic rings. The van der Waals surface area contributed by atoms with Crippen molar-refractivity contribution in [2.75, 3.05) is 0 Å². The van der Waals surface area contributed by atoms with Crippen molar-refractivity contribution in [3.05, 3.63) is 57.7 Å². The molecule has 1 aliphatic carbocycles. The van der Waals surface area contributed by atoms with Crippen LogP contribution < -0.4 is 9.46 Å². The third-order valence-electron chi connectivity index (χ3n) is 4.32. The van der Waals surface area contributed by atoms with Crippen LogP contribution in [0.25, 0.3) is 0 Å².